The van der Waals surface area contributed by atoms with E-state index in [0.29, 0.717) is 12.1 Å². The minimum Gasteiger partial charge on any atom is -0.353 e. The normalized spacial score (nSPS) is 27.3. The van der Waals surface area contributed by atoms with Gasteiger partial charge in [-0.1, -0.05) is 12.2 Å². The predicted molar refractivity (Wildman–Crippen MR) is 59.9 cm³/mol. The lowest BCUT2D eigenvalue weighted by molar-refractivity contribution is -0.119. The van der Waals surface area contributed by atoms with Crippen molar-refractivity contribution in [1.29, 1.82) is 0 Å². The van der Waals surface area contributed by atoms with Gasteiger partial charge in [-0.2, -0.15) is 0 Å². The summed E-state index contributed by atoms with van der Waals surface area (Å²) in [6, 6.07) is 0.0261. The van der Waals surface area contributed by atoms with Gasteiger partial charge in [0.05, 0.1) is 6.04 Å². The maximum absolute atomic E-state index is 11.1. The maximum atomic E-state index is 11.1. The lowest BCUT2D eigenvalue weighted by atomic mass is 9.84. The number of rotatable bonds is 1. The summed E-state index contributed by atoms with van der Waals surface area (Å²) >= 11 is 0. The largest absolute Gasteiger partial charge is 0.353 e. The minimum absolute atomic E-state index is 0.0261. The second-order valence-corrected chi connectivity index (χ2v) is 4.08. The minimum atomic E-state index is -0.0346. The van der Waals surface area contributed by atoms with Gasteiger partial charge in [0.1, 0.15) is 11.6 Å². The number of hydrogen-bond acceptors (Lipinski definition) is 3. The van der Waals surface area contributed by atoms with Crippen molar-refractivity contribution in [2.45, 2.75) is 25.8 Å². The monoisotopic (exact) mass is 218 g/mol. The summed E-state index contributed by atoms with van der Waals surface area (Å²) in [5, 5.41) is 5.96. The Hall–Kier alpha value is -1.80. The SMILES string of the molecule is CC(=O)NC1C=CC=C2NC(=C=O)CCC21. The molecule has 1 aliphatic heterocycles. The lowest BCUT2D eigenvalue weighted by Crippen LogP contribution is -2.43. The fourth-order valence-electron chi connectivity index (χ4n) is 2.20. The average molecular weight is 218 g/mol. The smallest absolute Gasteiger partial charge is 0.217 e. The molecule has 2 unspecified atom stereocenters. The van der Waals surface area contributed by atoms with Crippen molar-refractivity contribution in [3.05, 3.63) is 29.6 Å². The van der Waals surface area contributed by atoms with Crippen LogP contribution in [0.25, 0.3) is 0 Å². The Morgan fingerprint density at radius 1 is 1.62 bits per heavy atom. The third-order valence-corrected chi connectivity index (χ3v) is 2.92. The van der Waals surface area contributed by atoms with Crippen LogP contribution in [0, 0.1) is 5.92 Å². The van der Waals surface area contributed by atoms with E-state index in [1.807, 2.05) is 24.2 Å². The molecule has 1 fully saturated rings. The summed E-state index contributed by atoms with van der Waals surface area (Å²) in [7, 11) is 0. The van der Waals surface area contributed by atoms with E-state index in [0.717, 1.165) is 12.1 Å². The van der Waals surface area contributed by atoms with Crippen molar-refractivity contribution in [3.63, 3.8) is 0 Å². The molecule has 4 nitrogen and oxygen atoms in total. The molecule has 1 aliphatic carbocycles. The van der Waals surface area contributed by atoms with Gasteiger partial charge < -0.3 is 10.6 Å². The predicted octanol–water partition coefficient (Wildman–Crippen LogP) is 0.660. The highest BCUT2D eigenvalue weighted by Gasteiger charge is 2.29. The van der Waals surface area contributed by atoms with Crippen molar-refractivity contribution < 1.29 is 9.59 Å². The summed E-state index contributed by atoms with van der Waals surface area (Å²) in [5.41, 5.74) is 1.59. The van der Waals surface area contributed by atoms with E-state index in [2.05, 4.69) is 10.6 Å². The van der Waals surface area contributed by atoms with Crippen molar-refractivity contribution in [3.8, 4) is 0 Å². The second-order valence-electron chi connectivity index (χ2n) is 4.08. The van der Waals surface area contributed by atoms with Gasteiger partial charge in [0.25, 0.3) is 0 Å². The molecule has 2 aliphatic rings. The second kappa shape index (κ2) is 4.37. The summed E-state index contributed by atoms with van der Waals surface area (Å²) in [6.45, 7) is 1.51. The molecular weight excluding hydrogens is 204 g/mol. The van der Waals surface area contributed by atoms with Crippen LogP contribution in [0.5, 0.6) is 0 Å². The van der Waals surface area contributed by atoms with Crippen LogP contribution >= 0.6 is 0 Å². The zero-order valence-corrected chi connectivity index (χ0v) is 9.12. The quantitative estimate of drug-likeness (QED) is 0.636. The van der Waals surface area contributed by atoms with Crippen molar-refractivity contribution in [2.75, 3.05) is 0 Å². The Morgan fingerprint density at radius 3 is 3.12 bits per heavy atom. The Bertz CT molecular complexity index is 417. The van der Waals surface area contributed by atoms with Crippen molar-refractivity contribution in [2.24, 2.45) is 5.92 Å². The van der Waals surface area contributed by atoms with Gasteiger partial charge in [0.15, 0.2) is 0 Å². The van der Waals surface area contributed by atoms with E-state index < -0.39 is 0 Å². The summed E-state index contributed by atoms with van der Waals surface area (Å²) in [4.78, 5) is 21.6. The van der Waals surface area contributed by atoms with Gasteiger partial charge in [-0.15, -0.1) is 0 Å². The molecule has 2 atom stereocenters. The van der Waals surface area contributed by atoms with E-state index >= 15 is 0 Å². The molecule has 84 valence electrons. The fraction of sp³-hybridized carbons (Fsp3) is 0.417. The van der Waals surface area contributed by atoms with Crippen molar-refractivity contribution >= 4 is 11.8 Å². The molecule has 0 saturated carbocycles. The van der Waals surface area contributed by atoms with Crippen LogP contribution in [0.4, 0.5) is 0 Å². The van der Waals surface area contributed by atoms with Crippen LogP contribution in [0.1, 0.15) is 19.8 Å². The summed E-state index contributed by atoms with van der Waals surface area (Å²) in [6.07, 6.45) is 7.37. The zero-order chi connectivity index (χ0) is 11.5. The number of nitrogens with one attached hydrogen (secondary N) is 2. The Morgan fingerprint density at radius 2 is 2.44 bits per heavy atom. The highest BCUT2D eigenvalue weighted by atomic mass is 16.1. The Kier molecular flexibility index (Phi) is 2.93. The number of carbonyl (C=O) groups excluding carboxylic acids is 2. The number of fused-ring (bicyclic) bond motifs is 1. The van der Waals surface area contributed by atoms with E-state index in [1.165, 1.54) is 6.92 Å². The van der Waals surface area contributed by atoms with Crippen LogP contribution in [0.2, 0.25) is 0 Å². The van der Waals surface area contributed by atoms with Gasteiger partial charge in [-0.3, -0.25) is 4.79 Å². The highest BCUT2D eigenvalue weighted by Crippen LogP contribution is 2.29. The topological polar surface area (TPSA) is 58.2 Å². The van der Waals surface area contributed by atoms with Gasteiger partial charge >= 0.3 is 0 Å². The van der Waals surface area contributed by atoms with Crippen LogP contribution < -0.4 is 10.6 Å². The summed E-state index contributed by atoms with van der Waals surface area (Å²) < 4.78 is 0. The summed E-state index contributed by atoms with van der Waals surface area (Å²) in [5.74, 6) is 2.10. The van der Waals surface area contributed by atoms with E-state index in [9.17, 15) is 9.59 Å². The first-order valence-corrected chi connectivity index (χ1v) is 5.37. The van der Waals surface area contributed by atoms with E-state index in [1.54, 1.807) is 0 Å². The molecule has 2 N–H and O–H groups in total. The number of piperidine rings is 1. The van der Waals surface area contributed by atoms with Crippen molar-refractivity contribution in [1.82, 2.24) is 10.6 Å². The average Bonchev–Trinajstić information content (AvgIpc) is 2.28. The first kappa shape index (κ1) is 10.7. The third kappa shape index (κ3) is 2.07. The molecule has 1 saturated heterocycles. The Labute approximate surface area is 94.1 Å². The van der Waals surface area contributed by atoms with Crippen LogP contribution in [0.15, 0.2) is 29.6 Å². The molecule has 2 rings (SSSR count). The van der Waals surface area contributed by atoms with Gasteiger partial charge in [0, 0.05) is 18.5 Å². The van der Waals surface area contributed by atoms with E-state index in [4.69, 9.17) is 0 Å². The molecular formula is C12H14N2O2. The first-order valence-electron chi connectivity index (χ1n) is 5.37. The molecule has 0 aromatic rings. The number of hydrogen-bond donors (Lipinski definition) is 2. The maximum Gasteiger partial charge on any atom is 0.217 e. The molecule has 0 bridgehead atoms. The number of amides is 1. The molecule has 0 spiro atoms. The third-order valence-electron chi connectivity index (χ3n) is 2.92. The molecule has 1 heterocycles. The molecule has 0 aromatic carbocycles. The standard InChI is InChI=1S/C12H14N2O2/c1-8(16)13-11-3-2-4-12-10(11)6-5-9(7-15)14-12/h2-4,10-11,14H,5-6H2,1H3,(H,13,16). The molecule has 0 radical (unpaired) electrons. The van der Waals surface area contributed by atoms with Gasteiger partial charge in [-0.05, 0) is 18.9 Å². The molecule has 0 aromatic heterocycles. The first-order chi connectivity index (χ1) is 7.70. The van der Waals surface area contributed by atoms with E-state index in [-0.39, 0.29) is 17.9 Å². The fourth-order valence-corrected chi connectivity index (χ4v) is 2.20. The molecule has 1 amide bonds. The number of carbonyl (C=O) groups is 1. The number of allylic oxidation sites excluding steroid dienone is 3. The van der Waals surface area contributed by atoms with Gasteiger partial charge in [0.2, 0.25) is 5.91 Å². The zero-order valence-electron chi connectivity index (χ0n) is 9.12. The van der Waals surface area contributed by atoms with Crippen LogP contribution in [-0.4, -0.2) is 17.9 Å². The van der Waals surface area contributed by atoms with Crippen LogP contribution in [-0.2, 0) is 9.59 Å². The highest BCUT2D eigenvalue weighted by molar-refractivity contribution is 5.73. The van der Waals surface area contributed by atoms with Gasteiger partial charge in [-0.25, -0.2) is 4.79 Å². The van der Waals surface area contributed by atoms with Crippen LogP contribution in [0.3, 0.4) is 0 Å². The lowest BCUT2D eigenvalue weighted by Gasteiger charge is -2.34. The molecule has 16 heavy (non-hydrogen) atoms. The Balaban J connectivity index is 2.15. The molecule has 4 heteroatoms.